The van der Waals surface area contributed by atoms with Gasteiger partial charge in [-0.15, -0.1) is 0 Å². The summed E-state index contributed by atoms with van der Waals surface area (Å²) in [6, 6.07) is 10.5. The van der Waals surface area contributed by atoms with Crippen LogP contribution in [0.2, 0.25) is 0 Å². The Balaban J connectivity index is 2.54. The molecule has 0 aliphatic carbocycles. The van der Waals surface area contributed by atoms with Crippen LogP contribution in [0.5, 0.6) is 0 Å². The Labute approximate surface area is 100 Å². The van der Waals surface area contributed by atoms with Crippen LogP contribution in [0.3, 0.4) is 0 Å². The molecule has 0 saturated heterocycles. The Morgan fingerprint density at radius 1 is 1.19 bits per heavy atom. The molecule has 1 unspecified atom stereocenters. The van der Waals surface area contributed by atoms with Crippen LogP contribution in [-0.2, 0) is 11.0 Å². The van der Waals surface area contributed by atoms with Crippen LogP contribution in [-0.4, -0.2) is 18.1 Å². The molecule has 0 amide bonds. The smallest absolute Gasteiger partial charge is 0.136 e. The van der Waals surface area contributed by atoms with Gasteiger partial charge in [-0.3, -0.25) is 4.79 Å². The minimum Gasteiger partial charge on any atom is -0.299 e. The first-order valence-corrected chi connectivity index (χ1v) is 7.94. The van der Waals surface area contributed by atoms with E-state index >= 15 is 0 Å². The van der Waals surface area contributed by atoms with E-state index < -0.39 is 0 Å². The topological polar surface area (TPSA) is 17.1 Å². The number of hydrogen-bond acceptors (Lipinski definition) is 1. The molecule has 0 bridgehead atoms. The molecule has 0 heterocycles. The molecular weight excluding hydrogens is 215 g/mol. The zero-order chi connectivity index (χ0) is 11.8. The number of rotatable bonds is 7. The van der Waals surface area contributed by atoms with E-state index in [0.29, 0.717) is 12.2 Å². The molecule has 1 rings (SSSR count). The molecule has 1 aromatic rings. The number of ketones is 1. The monoisotopic (exact) mass is 236 g/mol. The van der Waals surface area contributed by atoms with Gasteiger partial charge < -0.3 is 0 Å². The van der Waals surface area contributed by atoms with Crippen LogP contribution < -0.4 is 0 Å². The van der Waals surface area contributed by atoms with E-state index in [1.54, 1.807) is 0 Å². The van der Waals surface area contributed by atoms with Crippen LogP contribution in [0.1, 0.15) is 32.3 Å². The Bertz CT molecular complexity index is 308. The van der Waals surface area contributed by atoms with Gasteiger partial charge in [0, 0.05) is 12.6 Å². The summed E-state index contributed by atoms with van der Waals surface area (Å²) in [4.78, 5) is 11.5. The largest absolute Gasteiger partial charge is 0.299 e. The predicted molar refractivity (Wildman–Crippen MR) is 72.4 cm³/mol. The summed E-state index contributed by atoms with van der Waals surface area (Å²) in [5.41, 5.74) is 1.38. The third-order valence-corrected chi connectivity index (χ3v) is 5.28. The normalized spacial score (nSPS) is 12.4. The molecule has 0 fully saturated rings. The molecule has 0 saturated carbocycles. The van der Waals surface area contributed by atoms with Crippen molar-refractivity contribution in [1.82, 2.24) is 0 Å². The first kappa shape index (κ1) is 13.4. The number of Topliss-reactive ketones (excluding diaryl/α,β-unsaturated/α-hetero) is 1. The van der Waals surface area contributed by atoms with E-state index in [4.69, 9.17) is 0 Å². The maximum Gasteiger partial charge on any atom is 0.136 e. The fourth-order valence-electron chi connectivity index (χ4n) is 1.73. The minimum absolute atomic E-state index is 0.132. The lowest BCUT2D eigenvalue weighted by Gasteiger charge is -2.15. The summed E-state index contributed by atoms with van der Waals surface area (Å²) >= 11 is 0. The molecule has 0 aromatic heterocycles. The fourth-order valence-corrected chi connectivity index (χ4v) is 4.24. The van der Waals surface area contributed by atoms with Crippen LogP contribution in [0.15, 0.2) is 30.3 Å². The van der Waals surface area contributed by atoms with Crippen LogP contribution in [0.25, 0.3) is 0 Å². The SMILES string of the molecule is CCCP(CC(=O)CC)Cc1ccccc1. The van der Waals surface area contributed by atoms with Gasteiger partial charge in [-0.25, -0.2) is 0 Å². The second-order valence-corrected chi connectivity index (χ2v) is 6.51. The highest BCUT2D eigenvalue weighted by atomic mass is 31.1. The third kappa shape index (κ3) is 4.90. The van der Waals surface area contributed by atoms with E-state index in [1.165, 1.54) is 18.1 Å². The van der Waals surface area contributed by atoms with Gasteiger partial charge in [-0.05, 0) is 17.9 Å². The Morgan fingerprint density at radius 2 is 1.88 bits per heavy atom. The van der Waals surface area contributed by atoms with Crippen molar-refractivity contribution in [3.8, 4) is 0 Å². The minimum atomic E-state index is -0.132. The van der Waals surface area contributed by atoms with Crippen molar-refractivity contribution >= 4 is 13.7 Å². The molecule has 0 aliphatic heterocycles. The average molecular weight is 236 g/mol. The molecule has 2 heteroatoms. The van der Waals surface area contributed by atoms with E-state index in [1.807, 2.05) is 13.0 Å². The maximum atomic E-state index is 11.5. The zero-order valence-corrected chi connectivity index (χ0v) is 11.2. The van der Waals surface area contributed by atoms with Gasteiger partial charge in [-0.2, -0.15) is 0 Å². The summed E-state index contributed by atoms with van der Waals surface area (Å²) in [5.74, 6) is 0.426. The second kappa shape index (κ2) is 7.57. The van der Waals surface area contributed by atoms with Gasteiger partial charge in [0.25, 0.3) is 0 Å². The molecule has 16 heavy (non-hydrogen) atoms. The third-order valence-electron chi connectivity index (χ3n) is 2.58. The molecule has 0 aliphatic rings. The highest BCUT2D eigenvalue weighted by Gasteiger charge is 2.11. The van der Waals surface area contributed by atoms with E-state index in [0.717, 1.165) is 12.3 Å². The van der Waals surface area contributed by atoms with E-state index in [-0.39, 0.29) is 7.92 Å². The van der Waals surface area contributed by atoms with E-state index in [2.05, 4.69) is 31.2 Å². The summed E-state index contributed by atoms with van der Waals surface area (Å²) in [7, 11) is -0.132. The molecule has 0 radical (unpaired) electrons. The summed E-state index contributed by atoms with van der Waals surface area (Å²) in [6.07, 6.45) is 5.02. The number of carbonyl (C=O) groups is 1. The molecule has 88 valence electrons. The van der Waals surface area contributed by atoms with Gasteiger partial charge in [-0.1, -0.05) is 58.5 Å². The standard InChI is InChI=1S/C14H21OP/c1-3-10-16(12-14(15)4-2)11-13-8-6-5-7-9-13/h5-9H,3-4,10-12H2,1-2H3. The Morgan fingerprint density at radius 3 is 2.44 bits per heavy atom. The molecular formula is C14H21OP. The molecule has 1 atom stereocenters. The van der Waals surface area contributed by atoms with Crippen molar-refractivity contribution in [3.63, 3.8) is 0 Å². The van der Waals surface area contributed by atoms with Crippen molar-refractivity contribution in [2.75, 3.05) is 12.3 Å². The molecule has 1 aromatic carbocycles. The zero-order valence-electron chi connectivity index (χ0n) is 10.3. The fraction of sp³-hybridized carbons (Fsp3) is 0.500. The molecule has 1 nitrogen and oxygen atoms in total. The number of carbonyl (C=O) groups excluding carboxylic acids is 1. The Kier molecular flexibility index (Phi) is 6.33. The van der Waals surface area contributed by atoms with Crippen molar-refractivity contribution in [1.29, 1.82) is 0 Å². The Hall–Kier alpha value is -0.680. The quantitative estimate of drug-likeness (QED) is 0.652. The van der Waals surface area contributed by atoms with Crippen LogP contribution in [0, 0.1) is 0 Å². The van der Waals surface area contributed by atoms with Crippen molar-refractivity contribution in [2.24, 2.45) is 0 Å². The predicted octanol–water partition coefficient (Wildman–Crippen LogP) is 4.06. The highest BCUT2D eigenvalue weighted by molar-refractivity contribution is 7.57. The van der Waals surface area contributed by atoms with Crippen molar-refractivity contribution < 1.29 is 4.79 Å². The van der Waals surface area contributed by atoms with Crippen molar-refractivity contribution in [3.05, 3.63) is 35.9 Å². The van der Waals surface area contributed by atoms with Crippen LogP contribution in [0.4, 0.5) is 0 Å². The van der Waals surface area contributed by atoms with E-state index in [9.17, 15) is 4.79 Å². The lowest BCUT2D eigenvalue weighted by molar-refractivity contribution is -0.116. The lowest BCUT2D eigenvalue weighted by atomic mass is 10.2. The lowest BCUT2D eigenvalue weighted by Crippen LogP contribution is -2.04. The number of hydrogen-bond donors (Lipinski definition) is 0. The van der Waals surface area contributed by atoms with Gasteiger partial charge in [0.2, 0.25) is 0 Å². The van der Waals surface area contributed by atoms with Gasteiger partial charge >= 0.3 is 0 Å². The van der Waals surface area contributed by atoms with Crippen LogP contribution >= 0.6 is 7.92 Å². The van der Waals surface area contributed by atoms with Crippen molar-refractivity contribution in [2.45, 2.75) is 32.9 Å². The molecule has 0 spiro atoms. The van der Waals surface area contributed by atoms with Gasteiger partial charge in [0.1, 0.15) is 5.78 Å². The average Bonchev–Trinajstić information content (AvgIpc) is 2.30. The number of benzene rings is 1. The maximum absolute atomic E-state index is 11.5. The highest BCUT2D eigenvalue weighted by Crippen LogP contribution is 2.40. The summed E-state index contributed by atoms with van der Waals surface area (Å²) in [6.45, 7) is 4.17. The molecule has 0 N–H and O–H groups in total. The van der Waals surface area contributed by atoms with Gasteiger partial charge in [0.05, 0.1) is 0 Å². The summed E-state index contributed by atoms with van der Waals surface area (Å²) in [5, 5.41) is 0. The second-order valence-electron chi connectivity index (χ2n) is 4.09. The first-order valence-electron chi connectivity index (χ1n) is 6.04. The summed E-state index contributed by atoms with van der Waals surface area (Å²) < 4.78 is 0. The first-order chi connectivity index (χ1) is 7.76. The van der Waals surface area contributed by atoms with Gasteiger partial charge in [0.15, 0.2) is 0 Å².